The Balaban J connectivity index is 1.23. The third kappa shape index (κ3) is 3.48. The third-order valence-corrected chi connectivity index (χ3v) is 13.2. The van der Waals surface area contributed by atoms with Crippen LogP contribution in [0.4, 0.5) is 0 Å². The normalized spacial score (nSPS) is 42.3. The molecule has 8 rings (SSSR count). The van der Waals surface area contributed by atoms with Gasteiger partial charge in [0, 0.05) is 33.3 Å². The maximum absolute atomic E-state index is 12.8. The number of fused-ring (bicyclic) bond motifs is 12. The van der Waals surface area contributed by atoms with Crippen molar-refractivity contribution in [3.05, 3.63) is 52.2 Å². The molecule has 0 spiro atoms. The highest BCUT2D eigenvalue weighted by Gasteiger charge is 2.70. The van der Waals surface area contributed by atoms with Crippen molar-refractivity contribution in [2.45, 2.75) is 140 Å². The molecule has 2 aromatic rings. The summed E-state index contributed by atoms with van der Waals surface area (Å²) in [6.45, 7) is 16.8. The number of rotatable bonds is 1. The average molecular weight is 588 g/mol. The molecule has 2 fully saturated rings. The van der Waals surface area contributed by atoms with Crippen LogP contribution >= 0.6 is 0 Å². The molecule has 6 unspecified atom stereocenters. The summed E-state index contributed by atoms with van der Waals surface area (Å²) in [6, 6.07) is 4.85. The van der Waals surface area contributed by atoms with Crippen molar-refractivity contribution in [1.82, 2.24) is 4.98 Å². The van der Waals surface area contributed by atoms with Gasteiger partial charge in [-0.15, -0.1) is 0 Å². The number of aromatic nitrogens is 1. The van der Waals surface area contributed by atoms with Gasteiger partial charge >= 0.3 is 0 Å². The van der Waals surface area contributed by atoms with Gasteiger partial charge in [0.05, 0.1) is 28.5 Å². The van der Waals surface area contributed by atoms with Crippen LogP contribution < -0.4 is 0 Å². The first-order valence-corrected chi connectivity index (χ1v) is 16.5. The molecule has 1 aromatic heterocycles. The van der Waals surface area contributed by atoms with Gasteiger partial charge in [-0.2, -0.15) is 0 Å². The lowest BCUT2D eigenvalue weighted by atomic mass is 9.42. The first kappa shape index (κ1) is 28.5. The van der Waals surface area contributed by atoms with Crippen LogP contribution in [0.5, 0.6) is 0 Å². The second-order valence-corrected chi connectivity index (χ2v) is 16.9. The van der Waals surface area contributed by atoms with Crippen LogP contribution in [0.2, 0.25) is 0 Å². The van der Waals surface area contributed by atoms with Crippen LogP contribution in [0, 0.1) is 17.3 Å². The summed E-state index contributed by atoms with van der Waals surface area (Å²) in [5.41, 5.74) is 5.44. The van der Waals surface area contributed by atoms with Gasteiger partial charge in [0.15, 0.2) is 0 Å². The highest BCUT2D eigenvalue weighted by molar-refractivity contribution is 5.92. The molecule has 4 N–H and O–H groups in total. The van der Waals surface area contributed by atoms with Crippen LogP contribution in [-0.2, 0) is 27.7 Å². The predicted molar refractivity (Wildman–Crippen MR) is 168 cm³/mol. The molecule has 6 heteroatoms. The molecule has 6 aliphatic rings. The Morgan fingerprint density at radius 2 is 1.74 bits per heavy atom. The van der Waals surface area contributed by atoms with Gasteiger partial charge in [-0.3, -0.25) is 0 Å². The summed E-state index contributed by atoms with van der Waals surface area (Å²) in [7, 11) is 0. The van der Waals surface area contributed by atoms with Gasteiger partial charge in [-0.25, -0.2) is 0 Å². The van der Waals surface area contributed by atoms with Crippen molar-refractivity contribution in [2.75, 3.05) is 0 Å². The SMILES string of the molecule is CC1(C)C=C2c3cc4[nH]c5c(c4cc3CC2C(C)(C)O1)CC1CCC2(O)C3=CC(O)C(C(C)(C)O)OC3CC[C@]2(C)[C@@]51C. The molecule has 0 amide bonds. The van der Waals surface area contributed by atoms with Crippen LogP contribution in [0.3, 0.4) is 0 Å². The van der Waals surface area contributed by atoms with E-state index in [1.807, 2.05) is 6.08 Å². The minimum absolute atomic E-state index is 0.222. The zero-order valence-corrected chi connectivity index (χ0v) is 27.1. The van der Waals surface area contributed by atoms with Crippen molar-refractivity contribution in [2.24, 2.45) is 17.3 Å². The Morgan fingerprint density at radius 3 is 2.47 bits per heavy atom. The molecule has 2 saturated carbocycles. The number of H-pyrrole nitrogens is 1. The maximum atomic E-state index is 12.8. The average Bonchev–Trinajstić information content (AvgIpc) is 3.52. The molecule has 0 bridgehead atoms. The molecule has 2 aliphatic heterocycles. The minimum atomic E-state index is -1.17. The highest BCUT2D eigenvalue weighted by atomic mass is 16.5. The molecule has 232 valence electrons. The summed E-state index contributed by atoms with van der Waals surface area (Å²) in [5.74, 6) is 0.794. The summed E-state index contributed by atoms with van der Waals surface area (Å²) in [5, 5.41) is 35.9. The second kappa shape index (κ2) is 8.24. The Labute approximate surface area is 255 Å². The minimum Gasteiger partial charge on any atom is -0.388 e. The lowest BCUT2D eigenvalue weighted by Crippen LogP contribution is -2.68. The number of aromatic amines is 1. The van der Waals surface area contributed by atoms with Gasteiger partial charge in [-0.05, 0) is 138 Å². The van der Waals surface area contributed by atoms with Gasteiger partial charge in [0.25, 0.3) is 0 Å². The Kier molecular flexibility index (Phi) is 5.47. The molecule has 4 aliphatic carbocycles. The fraction of sp³-hybridized carbons (Fsp3) is 0.676. The molecule has 0 saturated heterocycles. The van der Waals surface area contributed by atoms with Crippen LogP contribution in [0.1, 0.15) is 103 Å². The molecule has 6 nitrogen and oxygen atoms in total. The molecule has 0 radical (unpaired) electrons. The molecular weight excluding hydrogens is 538 g/mol. The van der Waals surface area contributed by atoms with Crippen LogP contribution in [0.15, 0.2) is 29.9 Å². The number of ether oxygens (including phenoxy) is 2. The van der Waals surface area contributed by atoms with E-state index in [0.29, 0.717) is 18.3 Å². The first-order valence-electron chi connectivity index (χ1n) is 16.5. The van der Waals surface area contributed by atoms with Gasteiger partial charge in [-0.1, -0.05) is 13.8 Å². The predicted octanol–water partition coefficient (Wildman–Crippen LogP) is 5.89. The van der Waals surface area contributed by atoms with Crippen molar-refractivity contribution in [3.8, 4) is 0 Å². The van der Waals surface area contributed by atoms with E-state index in [9.17, 15) is 15.3 Å². The number of aliphatic hydroxyl groups excluding tert-OH is 1. The number of hydrogen-bond donors (Lipinski definition) is 4. The van der Waals surface area contributed by atoms with Crippen molar-refractivity contribution < 1.29 is 24.8 Å². The first-order chi connectivity index (χ1) is 19.9. The molecule has 1 aromatic carbocycles. The van der Waals surface area contributed by atoms with Crippen molar-refractivity contribution in [3.63, 3.8) is 0 Å². The topological polar surface area (TPSA) is 94.9 Å². The molecule has 3 heterocycles. The monoisotopic (exact) mass is 587 g/mol. The summed E-state index contributed by atoms with van der Waals surface area (Å²) < 4.78 is 12.9. The highest BCUT2D eigenvalue weighted by Crippen LogP contribution is 2.69. The second-order valence-electron chi connectivity index (χ2n) is 16.9. The number of nitrogens with one attached hydrogen (secondary N) is 1. The van der Waals surface area contributed by atoms with E-state index in [-0.39, 0.29) is 22.7 Å². The Bertz CT molecular complexity index is 1620. The largest absolute Gasteiger partial charge is 0.388 e. The van der Waals surface area contributed by atoms with Gasteiger partial charge in [0.1, 0.15) is 12.2 Å². The molecule has 8 atom stereocenters. The quantitative estimate of drug-likeness (QED) is 0.312. The standard InChI is InChI=1S/C37H49NO5/c1-32(2)18-24-21-16-27-22(13-19(21)14-25(24)34(5,6)43-32)23-15-20-9-12-37(41)26-17-28(39)31(33(3,4)40)42-29(26)10-11-35(37,7)36(20,8)30(23)38-27/h13,16-18,20,25,28-29,31,38-41H,9-12,14-15H2,1-8H3/t20?,25?,28?,29?,31?,35-,36-,37?/m1/s1. The number of benzene rings is 1. The smallest absolute Gasteiger partial charge is 0.116 e. The number of aliphatic hydroxyl groups is 3. The van der Waals surface area contributed by atoms with Gasteiger partial charge in [0.2, 0.25) is 0 Å². The van der Waals surface area contributed by atoms with Crippen molar-refractivity contribution >= 4 is 16.5 Å². The zero-order valence-electron chi connectivity index (χ0n) is 27.1. The summed E-state index contributed by atoms with van der Waals surface area (Å²) >= 11 is 0. The van der Waals surface area contributed by atoms with E-state index in [1.54, 1.807) is 13.8 Å². The maximum Gasteiger partial charge on any atom is 0.116 e. The lowest BCUT2D eigenvalue weighted by molar-refractivity contribution is -0.209. The Morgan fingerprint density at radius 1 is 1.00 bits per heavy atom. The Hall–Kier alpha value is -1.96. The van der Waals surface area contributed by atoms with Gasteiger partial charge < -0.3 is 29.8 Å². The summed E-state index contributed by atoms with van der Waals surface area (Å²) in [6.07, 6.45) is 7.38. The van der Waals surface area contributed by atoms with E-state index in [2.05, 4.69) is 64.7 Å². The fourth-order valence-corrected chi connectivity index (χ4v) is 11.0. The van der Waals surface area contributed by atoms with E-state index in [4.69, 9.17) is 9.47 Å². The van der Waals surface area contributed by atoms with Crippen LogP contribution in [0.25, 0.3) is 16.5 Å². The lowest BCUT2D eigenvalue weighted by Gasteiger charge is -2.65. The summed E-state index contributed by atoms with van der Waals surface area (Å²) in [4.78, 5) is 3.96. The zero-order chi connectivity index (χ0) is 30.7. The number of hydrogen-bond acceptors (Lipinski definition) is 5. The molecular formula is C37H49NO5. The van der Waals surface area contributed by atoms with Crippen molar-refractivity contribution in [1.29, 1.82) is 0 Å². The molecule has 43 heavy (non-hydrogen) atoms. The van der Waals surface area contributed by atoms with Crippen LogP contribution in [-0.4, -0.2) is 61.0 Å². The van der Waals surface area contributed by atoms with E-state index in [0.717, 1.165) is 37.7 Å². The fourth-order valence-electron chi connectivity index (χ4n) is 11.0. The van der Waals surface area contributed by atoms with E-state index in [1.165, 1.54) is 38.9 Å². The van der Waals surface area contributed by atoms with E-state index < -0.39 is 28.8 Å². The van der Waals surface area contributed by atoms with E-state index >= 15 is 0 Å². The third-order valence-electron chi connectivity index (χ3n) is 13.2.